The van der Waals surface area contributed by atoms with Gasteiger partial charge in [-0.1, -0.05) is 20.8 Å². The predicted octanol–water partition coefficient (Wildman–Crippen LogP) is 1.34. The maximum absolute atomic E-state index is 12.3. The Kier molecular flexibility index (Phi) is 8.07. The molecular weight excluding hydrogens is 325 g/mol. The topological polar surface area (TPSA) is 75.4 Å². The highest BCUT2D eigenvalue weighted by molar-refractivity contribution is 5.85. The Bertz CT molecular complexity index is 458. The molecule has 22 heavy (non-hydrogen) atoms. The number of rotatable bonds is 2. The highest BCUT2D eigenvalue weighted by Gasteiger charge is 2.32. The van der Waals surface area contributed by atoms with Crippen LogP contribution in [0.5, 0.6) is 0 Å². The van der Waals surface area contributed by atoms with Crippen LogP contribution in [-0.4, -0.2) is 53.0 Å². The second-order valence-corrected chi connectivity index (χ2v) is 6.22. The molecule has 1 aliphatic rings. The molecule has 2 rings (SSSR count). The smallest absolute Gasteiger partial charge is 0.240 e. The molecule has 2 heterocycles. The molecule has 1 amide bonds. The first kappa shape index (κ1) is 20.9. The molecule has 0 bridgehead atoms. The van der Waals surface area contributed by atoms with E-state index in [4.69, 9.17) is 5.73 Å². The number of hydrogen-bond donors (Lipinski definition) is 1. The van der Waals surface area contributed by atoms with E-state index in [1.54, 1.807) is 18.6 Å². The quantitative estimate of drug-likeness (QED) is 0.871. The zero-order valence-corrected chi connectivity index (χ0v) is 14.9. The Balaban J connectivity index is 0.00000220. The minimum absolute atomic E-state index is 0. The fourth-order valence-electron chi connectivity index (χ4n) is 2.18. The zero-order valence-electron chi connectivity index (χ0n) is 13.2. The van der Waals surface area contributed by atoms with Gasteiger partial charge in [0.15, 0.2) is 0 Å². The van der Waals surface area contributed by atoms with Crippen LogP contribution in [0.2, 0.25) is 0 Å². The van der Waals surface area contributed by atoms with Crippen molar-refractivity contribution >= 4 is 36.5 Å². The lowest BCUT2D eigenvalue weighted by Crippen LogP contribution is -2.56. The minimum atomic E-state index is -0.453. The number of anilines is 1. The van der Waals surface area contributed by atoms with Gasteiger partial charge in [0.2, 0.25) is 5.91 Å². The van der Waals surface area contributed by atoms with Gasteiger partial charge in [0.1, 0.15) is 5.82 Å². The van der Waals surface area contributed by atoms with Gasteiger partial charge in [-0.15, -0.1) is 24.8 Å². The molecular formula is C14H25Cl2N5O. The van der Waals surface area contributed by atoms with Crippen LogP contribution in [-0.2, 0) is 4.79 Å². The zero-order chi connectivity index (χ0) is 14.8. The summed E-state index contributed by atoms with van der Waals surface area (Å²) in [5, 5.41) is 0. The first-order valence-electron chi connectivity index (χ1n) is 6.95. The lowest BCUT2D eigenvalue weighted by Gasteiger charge is -2.38. The van der Waals surface area contributed by atoms with Gasteiger partial charge in [0, 0.05) is 38.6 Å². The van der Waals surface area contributed by atoms with Gasteiger partial charge in [-0.05, 0) is 5.41 Å². The fraction of sp³-hybridized carbons (Fsp3) is 0.643. The number of carbonyl (C=O) groups excluding carboxylic acids is 1. The number of amides is 1. The monoisotopic (exact) mass is 349 g/mol. The van der Waals surface area contributed by atoms with Crippen molar-refractivity contribution in [3.05, 3.63) is 18.6 Å². The van der Waals surface area contributed by atoms with E-state index in [0.717, 1.165) is 18.9 Å². The Morgan fingerprint density at radius 1 is 1.18 bits per heavy atom. The summed E-state index contributed by atoms with van der Waals surface area (Å²) in [6.45, 7) is 8.86. The Morgan fingerprint density at radius 2 is 1.77 bits per heavy atom. The van der Waals surface area contributed by atoms with Gasteiger partial charge in [0.05, 0.1) is 12.2 Å². The molecule has 8 heteroatoms. The van der Waals surface area contributed by atoms with Crippen LogP contribution < -0.4 is 10.6 Å². The second-order valence-electron chi connectivity index (χ2n) is 6.22. The SMILES string of the molecule is CC(C)(C)[C@H](N)C(=O)N1CCN(c2cnccn2)CC1.Cl.Cl. The molecule has 126 valence electrons. The number of aromatic nitrogens is 2. The average molecular weight is 350 g/mol. The van der Waals surface area contributed by atoms with E-state index >= 15 is 0 Å². The lowest BCUT2D eigenvalue weighted by molar-refractivity contribution is -0.135. The average Bonchev–Trinajstić information content (AvgIpc) is 2.46. The van der Waals surface area contributed by atoms with Crippen molar-refractivity contribution in [1.82, 2.24) is 14.9 Å². The number of nitrogens with zero attached hydrogens (tertiary/aromatic N) is 4. The Morgan fingerprint density at radius 3 is 2.23 bits per heavy atom. The van der Waals surface area contributed by atoms with Gasteiger partial charge >= 0.3 is 0 Å². The van der Waals surface area contributed by atoms with Crippen LogP contribution in [0.4, 0.5) is 5.82 Å². The minimum Gasteiger partial charge on any atom is -0.352 e. The van der Waals surface area contributed by atoms with Gasteiger partial charge < -0.3 is 15.5 Å². The highest BCUT2D eigenvalue weighted by Crippen LogP contribution is 2.20. The molecule has 1 saturated heterocycles. The van der Waals surface area contributed by atoms with E-state index in [2.05, 4.69) is 14.9 Å². The van der Waals surface area contributed by atoms with E-state index in [1.807, 2.05) is 25.7 Å². The van der Waals surface area contributed by atoms with Crippen molar-refractivity contribution < 1.29 is 4.79 Å². The molecule has 1 aliphatic heterocycles. The fourth-order valence-corrected chi connectivity index (χ4v) is 2.18. The van der Waals surface area contributed by atoms with Crippen molar-refractivity contribution in [2.75, 3.05) is 31.1 Å². The molecule has 2 N–H and O–H groups in total. The van der Waals surface area contributed by atoms with Crippen molar-refractivity contribution in [3.8, 4) is 0 Å². The molecule has 1 aromatic rings. The first-order valence-corrected chi connectivity index (χ1v) is 6.95. The van der Waals surface area contributed by atoms with Crippen molar-refractivity contribution in [1.29, 1.82) is 0 Å². The van der Waals surface area contributed by atoms with Gasteiger partial charge in [0.25, 0.3) is 0 Å². The highest BCUT2D eigenvalue weighted by atomic mass is 35.5. The van der Waals surface area contributed by atoms with E-state index in [0.29, 0.717) is 13.1 Å². The van der Waals surface area contributed by atoms with Crippen LogP contribution in [0.25, 0.3) is 0 Å². The third kappa shape index (κ3) is 4.97. The predicted molar refractivity (Wildman–Crippen MR) is 92.8 cm³/mol. The summed E-state index contributed by atoms with van der Waals surface area (Å²) in [6.07, 6.45) is 5.09. The normalized spacial score (nSPS) is 16.4. The number of halogens is 2. The molecule has 0 aliphatic carbocycles. The van der Waals surface area contributed by atoms with Gasteiger partial charge in [-0.3, -0.25) is 9.78 Å². The van der Waals surface area contributed by atoms with E-state index in [-0.39, 0.29) is 36.1 Å². The van der Waals surface area contributed by atoms with Crippen LogP contribution in [0.3, 0.4) is 0 Å². The lowest BCUT2D eigenvalue weighted by atomic mass is 9.86. The van der Waals surface area contributed by atoms with Crippen molar-refractivity contribution in [2.24, 2.45) is 11.1 Å². The molecule has 0 spiro atoms. The van der Waals surface area contributed by atoms with Crippen molar-refractivity contribution in [3.63, 3.8) is 0 Å². The summed E-state index contributed by atoms with van der Waals surface area (Å²) < 4.78 is 0. The number of hydrogen-bond acceptors (Lipinski definition) is 5. The van der Waals surface area contributed by atoms with E-state index < -0.39 is 6.04 Å². The molecule has 1 aromatic heterocycles. The number of carbonyl (C=O) groups is 1. The molecule has 0 radical (unpaired) electrons. The standard InChI is InChI=1S/C14H23N5O.2ClH/c1-14(2,3)12(15)13(20)19-8-6-18(7-9-19)11-10-16-4-5-17-11;;/h4-5,10,12H,6-9,15H2,1-3H3;2*1H/t12-;;/m1../s1. The summed E-state index contributed by atoms with van der Waals surface area (Å²) in [7, 11) is 0. The van der Waals surface area contributed by atoms with Gasteiger partial charge in [-0.25, -0.2) is 4.98 Å². The molecule has 1 fully saturated rings. The largest absolute Gasteiger partial charge is 0.352 e. The first-order chi connectivity index (χ1) is 9.39. The molecule has 0 unspecified atom stereocenters. The summed E-state index contributed by atoms with van der Waals surface area (Å²) in [4.78, 5) is 24.7. The van der Waals surface area contributed by atoms with E-state index in [9.17, 15) is 4.79 Å². The van der Waals surface area contributed by atoms with Crippen molar-refractivity contribution in [2.45, 2.75) is 26.8 Å². The summed E-state index contributed by atoms with van der Waals surface area (Å²) in [5.74, 6) is 0.899. The number of nitrogens with two attached hydrogens (primary N) is 1. The van der Waals surface area contributed by atoms with E-state index in [1.165, 1.54) is 0 Å². The third-order valence-corrected chi connectivity index (χ3v) is 3.66. The second kappa shape index (κ2) is 8.50. The third-order valence-electron chi connectivity index (χ3n) is 3.66. The maximum atomic E-state index is 12.3. The van der Waals surface area contributed by atoms with Crippen LogP contribution in [0.15, 0.2) is 18.6 Å². The number of piperazine rings is 1. The molecule has 0 aromatic carbocycles. The van der Waals surface area contributed by atoms with Gasteiger partial charge in [-0.2, -0.15) is 0 Å². The Labute approximate surface area is 144 Å². The van der Waals surface area contributed by atoms with Crippen LogP contribution >= 0.6 is 24.8 Å². The molecule has 6 nitrogen and oxygen atoms in total. The summed E-state index contributed by atoms with van der Waals surface area (Å²) in [6, 6.07) is -0.453. The molecule has 1 atom stereocenters. The summed E-state index contributed by atoms with van der Waals surface area (Å²) >= 11 is 0. The van der Waals surface area contributed by atoms with Crippen LogP contribution in [0.1, 0.15) is 20.8 Å². The Hall–Kier alpha value is -1.11. The summed E-state index contributed by atoms with van der Waals surface area (Å²) in [5.41, 5.74) is 5.83. The van der Waals surface area contributed by atoms with Crippen LogP contribution in [0, 0.1) is 5.41 Å². The molecule has 0 saturated carbocycles. The maximum Gasteiger partial charge on any atom is 0.240 e.